The van der Waals surface area contributed by atoms with Gasteiger partial charge in [0.15, 0.2) is 8.68 Å². The fraction of sp³-hybridized carbons (Fsp3) is 0.667. The van der Waals surface area contributed by atoms with Gasteiger partial charge in [-0.25, -0.2) is 0 Å². The lowest BCUT2D eigenvalue weighted by atomic mass is 9.97. The number of amides is 1. The fourth-order valence-electron chi connectivity index (χ4n) is 1.06. The summed E-state index contributed by atoms with van der Waals surface area (Å²) in [5.74, 6) is 0.409. The summed E-state index contributed by atoms with van der Waals surface area (Å²) < 4.78 is 1.92. The van der Waals surface area contributed by atoms with E-state index in [0.29, 0.717) is 6.42 Å². The molecule has 5 nitrogen and oxygen atoms in total. The van der Waals surface area contributed by atoms with E-state index in [1.54, 1.807) is 41.8 Å². The molecule has 0 radical (unpaired) electrons. The standard InChI is InChI=1S/C9H16N4OS3/c1-9(11,6(10)14)4-3-5-16-8-13-12-7(15-2)17-8/h3-5,11H2,1-2H3,(H2,10,14). The second-order valence-corrected chi connectivity index (χ2v) is 7.14. The van der Waals surface area contributed by atoms with Crippen LogP contribution in [0, 0.1) is 0 Å². The van der Waals surface area contributed by atoms with Crippen LogP contribution in [-0.4, -0.2) is 33.7 Å². The quantitative estimate of drug-likeness (QED) is 0.581. The molecule has 1 heterocycles. The Labute approximate surface area is 113 Å². The third-order valence-electron chi connectivity index (χ3n) is 2.19. The van der Waals surface area contributed by atoms with Crippen molar-refractivity contribution in [2.75, 3.05) is 12.0 Å². The van der Waals surface area contributed by atoms with Gasteiger partial charge in [0, 0.05) is 5.75 Å². The first-order chi connectivity index (χ1) is 7.95. The summed E-state index contributed by atoms with van der Waals surface area (Å²) in [7, 11) is 0. The van der Waals surface area contributed by atoms with E-state index >= 15 is 0 Å². The number of hydrogen-bond acceptors (Lipinski definition) is 7. The number of aromatic nitrogens is 2. The number of carbonyl (C=O) groups excluding carboxylic acids is 1. The molecule has 0 saturated carbocycles. The van der Waals surface area contributed by atoms with E-state index in [0.717, 1.165) is 20.9 Å². The zero-order valence-electron chi connectivity index (χ0n) is 9.80. The second kappa shape index (κ2) is 6.58. The van der Waals surface area contributed by atoms with Crippen molar-refractivity contribution in [2.45, 2.75) is 34.0 Å². The van der Waals surface area contributed by atoms with Crippen LogP contribution in [-0.2, 0) is 4.79 Å². The topological polar surface area (TPSA) is 94.9 Å². The molecule has 17 heavy (non-hydrogen) atoms. The van der Waals surface area contributed by atoms with Crippen LogP contribution in [0.4, 0.5) is 0 Å². The van der Waals surface area contributed by atoms with Crippen molar-refractivity contribution in [3.63, 3.8) is 0 Å². The van der Waals surface area contributed by atoms with Gasteiger partial charge in [-0.3, -0.25) is 4.79 Å². The highest BCUT2D eigenvalue weighted by molar-refractivity contribution is 8.02. The van der Waals surface area contributed by atoms with Crippen molar-refractivity contribution in [3.8, 4) is 0 Å². The molecule has 1 amide bonds. The van der Waals surface area contributed by atoms with Crippen LogP contribution in [0.2, 0.25) is 0 Å². The number of primary amides is 1. The predicted octanol–water partition coefficient (Wildman–Crippen LogP) is 1.34. The average Bonchev–Trinajstić information content (AvgIpc) is 2.72. The molecule has 0 saturated heterocycles. The molecule has 4 N–H and O–H groups in total. The number of thioether (sulfide) groups is 2. The molecule has 0 fully saturated rings. The lowest BCUT2D eigenvalue weighted by Crippen LogP contribution is -2.49. The Morgan fingerprint density at radius 2 is 2.12 bits per heavy atom. The van der Waals surface area contributed by atoms with E-state index in [1.807, 2.05) is 6.26 Å². The summed E-state index contributed by atoms with van der Waals surface area (Å²) in [5, 5.41) is 8.05. The SMILES string of the molecule is CSc1nnc(SCCCC(C)(N)C(N)=O)s1. The minimum atomic E-state index is -0.911. The monoisotopic (exact) mass is 292 g/mol. The van der Waals surface area contributed by atoms with Crippen molar-refractivity contribution in [1.82, 2.24) is 10.2 Å². The minimum absolute atomic E-state index is 0.455. The zero-order chi connectivity index (χ0) is 12.9. The molecule has 0 aromatic carbocycles. The Kier molecular flexibility index (Phi) is 5.71. The van der Waals surface area contributed by atoms with Crippen LogP contribution in [0.5, 0.6) is 0 Å². The van der Waals surface area contributed by atoms with Gasteiger partial charge >= 0.3 is 0 Å². The Bertz CT molecular complexity index is 380. The van der Waals surface area contributed by atoms with Gasteiger partial charge in [0.1, 0.15) is 0 Å². The first kappa shape index (κ1) is 14.7. The van der Waals surface area contributed by atoms with E-state index < -0.39 is 11.4 Å². The Balaban J connectivity index is 2.27. The largest absolute Gasteiger partial charge is 0.368 e. The van der Waals surface area contributed by atoms with Gasteiger partial charge in [-0.2, -0.15) is 0 Å². The number of hydrogen-bond donors (Lipinski definition) is 2. The van der Waals surface area contributed by atoms with Gasteiger partial charge in [0.2, 0.25) is 5.91 Å². The van der Waals surface area contributed by atoms with Crippen molar-refractivity contribution in [1.29, 1.82) is 0 Å². The highest BCUT2D eigenvalue weighted by Gasteiger charge is 2.24. The predicted molar refractivity (Wildman–Crippen MR) is 73.4 cm³/mol. The first-order valence-electron chi connectivity index (χ1n) is 5.05. The fourth-order valence-corrected chi connectivity index (χ4v) is 3.51. The summed E-state index contributed by atoms with van der Waals surface area (Å²) in [4.78, 5) is 11.0. The number of carbonyl (C=O) groups is 1. The molecule has 8 heteroatoms. The van der Waals surface area contributed by atoms with Crippen LogP contribution in [0.1, 0.15) is 19.8 Å². The van der Waals surface area contributed by atoms with E-state index in [1.165, 1.54) is 0 Å². The molecule has 1 atom stereocenters. The number of nitrogens with zero attached hydrogens (tertiary/aromatic N) is 2. The lowest BCUT2D eigenvalue weighted by Gasteiger charge is -2.19. The van der Waals surface area contributed by atoms with E-state index in [9.17, 15) is 4.79 Å². The molecule has 0 aliphatic carbocycles. The molecule has 1 unspecified atom stereocenters. The zero-order valence-corrected chi connectivity index (χ0v) is 12.3. The maximum absolute atomic E-state index is 11.0. The molecular weight excluding hydrogens is 276 g/mol. The molecule has 0 spiro atoms. The normalized spacial score (nSPS) is 14.5. The lowest BCUT2D eigenvalue weighted by molar-refractivity contribution is -0.122. The van der Waals surface area contributed by atoms with Gasteiger partial charge in [0.25, 0.3) is 0 Å². The molecule has 0 aliphatic rings. The maximum Gasteiger partial charge on any atom is 0.237 e. The molecule has 0 aliphatic heterocycles. The Morgan fingerprint density at radius 3 is 2.65 bits per heavy atom. The third kappa shape index (κ3) is 4.82. The molecule has 96 valence electrons. The van der Waals surface area contributed by atoms with Gasteiger partial charge in [-0.1, -0.05) is 34.9 Å². The van der Waals surface area contributed by atoms with Crippen LogP contribution >= 0.6 is 34.9 Å². The third-order valence-corrected chi connectivity index (χ3v) is 5.31. The summed E-state index contributed by atoms with van der Waals surface area (Å²) >= 11 is 4.80. The molecular formula is C9H16N4OS3. The Morgan fingerprint density at radius 1 is 1.47 bits per heavy atom. The Hall–Kier alpha value is -0.310. The summed E-state index contributed by atoms with van der Waals surface area (Å²) in [6, 6.07) is 0. The maximum atomic E-state index is 11.0. The van der Waals surface area contributed by atoms with Crippen molar-refractivity contribution in [3.05, 3.63) is 0 Å². The van der Waals surface area contributed by atoms with Crippen LogP contribution in [0.15, 0.2) is 8.68 Å². The van der Waals surface area contributed by atoms with Gasteiger partial charge in [0.05, 0.1) is 5.54 Å². The van der Waals surface area contributed by atoms with E-state index in [2.05, 4.69) is 10.2 Å². The average molecular weight is 292 g/mol. The van der Waals surface area contributed by atoms with Gasteiger partial charge in [-0.05, 0) is 26.0 Å². The smallest absolute Gasteiger partial charge is 0.237 e. The van der Waals surface area contributed by atoms with Crippen LogP contribution in [0.25, 0.3) is 0 Å². The van der Waals surface area contributed by atoms with Crippen molar-refractivity contribution in [2.24, 2.45) is 11.5 Å². The van der Waals surface area contributed by atoms with Crippen molar-refractivity contribution >= 4 is 40.8 Å². The minimum Gasteiger partial charge on any atom is -0.368 e. The van der Waals surface area contributed by atoms with E-state index in [4.69, 9.17) is 11.5 Å². The van der Waals surface area contributed by atoms with E-state index in [-0.39, 0.29) is 0 Å². The highest BCUT2D eigenvalue weighted by Crippen LogP contribution is 2.28. The molecule has 1 rings (SSSR count). The second-order valence-electron chi connectivity index (χ2n) is 3.77. The van der Waals surface area contributed by atoms with Crippen LogP contribution in [0.3, 0.4) is 0 Å². The molecule has 1 aromatic heterocycles. The highest BCUT2D eigenvalue weighted by atomic mass is 32.2. The summed E-state index contributed by atoms with van der Waals surface area (Å²) in [6.45, 7) is 1.66. The molecule has 1 aromatic rings. The number of rotatable bonds is 7. The summed E-state index contributed by atoms with van der Waals surface area (Å²) in [5.41, 5.74) is 10.0. The van der Waals surface area contributed by atoms with Gasteiger partial charge in [-0.15, -0.1) is 10.2 Å². The number of nitrogens with two attached hydrogens (primary N) is 2. The summed E-state index contributed by atoms with van der Waals surface area (Å²) in [6.07, 6.45) is 3.39. The van der Waals surface area contributed by atoms with Crippen LogP contribution < -0.4 is 11.5 Å². The molecule has 0 bridgehead atoms. The first-order valence-corrected chi connectivity index (χ1v) is 8.07. The van der Waals surface area contributed by atoms with Gasteiger partial charge < -0.3 is 11.5 Å². The van der Waals surface area contributed by atoms with Crippen molar-refractivity contribution < 1.29 is 4.79 Å².